The molecular weight excluding hydrogens is 220 g/mol. The summed E-state index contributed by atoms with van der Waals surface area (Å²) in [5, 5.41) is 10.6. The zero-order valence-electron chi connectivity index (χ0n) is 10.1. The highest BCUT2D eigenvalue weighted by Crippen LogP contribution is 2.14. The van der Waals surface area contributed by atoms with Crippen molar-refractivity contribution in [3.63, 3.8) is 0 Å². The number of nitrogens with one attached hydrogen (secondary N) is 1. The van der Waals surface area contributed by atoms with Crippen LogP contribution in [0.25, 0.3) is 5.65 Å². The summed E-state index contributed by atoms with van der Waals surface area (Å²) in [6.45, 7) is 4.38. The first-order valence-corrected chi connectivity index (χ1v) is 5.79. The number of unbranched alkanes of at least 4 members (excludes halogenated alkanes) is 2. The van der Waals surface area contributed by atoms with Gasteiger partial charge in [0.05, 0.1) is 6.61 Å². The molecule has 0 bridgehead atoms. The first-order chi connectivity index (χ1) is 8.24. The molecule has 17 heavy (non-hydrogen) atoms. The first kappa shape index (κ1) is 11.6. The second-order valence-electron chi connectivity index (χ2n) is 3.98. The van der Waals surface area contributed by atoms with Gasteiger partial charge < -0.3 is 4.74 Å². The third-order valence-corrected chi connectivity index (χ3v) is 2.62. The van der Waals surface area contributed by atoms with Crippen molar-refractivity contribution in [3.05, 3.63) is 17.6 Å². The van der Waals surface area contributed by atoms with Crippen LogP contribution in [0.15, 0.2) is 6.33 Å². The standard InChI is InChI=1S/C11H16N4O2/c1-3-4-5-6-17-11(16)9-8(2)14-15-7-12-13-10(9)15/h7,14H,3-6H2,1-2H3. The monoisotopic (exact) mass is 236 g/mol. The highest BCUT2D eigenvalue weighted by Gasteiger charge is 2.19. The molecule has 0 amide bonds. The molecule has 0 radical (unpaired) electrons. The second-order valence-corrected chi connectivity index (χ2v) is 3.98. The third kappa shape index (κ3) is 2.30. The summed E-state index contributed by atoms with van der Waals surface area (Å²) in [4.78, 5) is 11.9. The molecule has 0 fully saturated rings. The van der Waals surface area contributed by atoms with Crippen molar-refractivity contribution in [1.82, 2.24) is 19.8 Å². The number of aromatic amines is 1. The van der Waals surface area contributed by atoms with Gasteiger partial charge in [0.25, 0.3) is 0 Å². The predicted molar refractivity (Wildman–Crippen MR) is 61.9 cm³/mol. The Hall–Kier alpha value is -1.85. The van der Waals surface area contributed by atoms with Crippen molar-refractivity contribution in [2.45, 2.75) is 33.1 Å². The number of carbonyl (C=O) groups excluding carboxylic acids is 1. The van der Waals surface area contributed by atoms with E-state index in [4.69, 9.17) is 4.74 Å². The molecule has 2 aromatic heterocycles. The summed E-state index contributed by atoms with van der Waals surface area (Å²) in [5.41, 5.74) is 1.73. The molecule has 92 valence electrons. The van der Waals surface area contributed by atoms with Crippen LogP contribution in [0.4, 0.5) is 0 Å². The van der Waals surface area contributed by atoms with Crippen LogP contribution < -0.4 is 0 Å². The quantitative estimate of drug-likeness (QED) is 0.633. The number of aryl methyl sites for hydroxylation is 1. The molecule has 0 aromatic carbocycles. The number of H-pyrrole nitrogens is 1. The van der Waals surface area contributed by atoms with Gasteiger partial charge in [-0.05, 0) is 13.3 Å². The summed E-state index contributed by atoms with van der Waals surface area (Å²) >= 11 is 0. The largest absolute Gasteiger partial charge is 0.462 e. The lowest BCUT2D eigenvalue weighted by atomic mass is 10.2. The molecule has 2 aromatic rings. The average molecular weight is 236 g/mol. The van der Waals surface area contributed by atoms with E-state index in [2.05, 4.69) is 22.2 Å². The van der Waals surface area contributed by atoms with Gasteiger partial charge in [-0.2, -0.15) is 0 Å². The molecule has 0 aliphatic rings. The second kappa shape index (κ2) is 4.99. The minimum Gasteiger partial charge on any atom is -0.462 e. The lowest BCUT2D eigenvalue weighted by Crippen LogP contribution is -2.07. The van der Waals surface area contributed by atoms with Gasteiger partial charge in [0.1, 0.15) is 11.9 Å². The Bertz CT molecular complexity index is 514. The minimum absolute atomic E-state index is 0.335. The zero-order chi connectivity index (χ0) is 12.3. The Labute approximate surface area is 99.0 Å². The topological polar surface area (TPSA) is 72.3 Å². The Kier molecular flexibility index (Phi) is 3.41. The molecule has 2 heterocycles. The summed E-state index contributed by atoms with van der Waals surface area (Å²) in [6, 6.07) is 0. The van der Waals surface area contributed by atoms with Crippen molar-refractivity contribution >= 4 is 11.6 Å². The first-order valence-electron chi connectivity index (χ1n) is 5.79. The number of esters is 1. The molecule has 0 aliphatic heterocycles. The molecule has 0 saturated heterocycles. The molecule has 6 heteroatoms. The number of aromatic nitrogens is 4. The molecular formula is C11H16N4O2. The average Bonchev–Trinajstić information content (AvgIpc) is 2.83. The maximum atomic E-state index is 11.9. The molecule has 0 saturated carbocycles. The number of fused-ring (bicyclic) bond motifs is 1. The number of rotatable bonds is 5. The summed E-state index contributed by atoms with van der Waals surface area (Å²) in [6.07, 6.45) is 4.60. The van der Waals surface area contributed by atoms with Gasteiger partial charge in [0.2, 0.25) is 0 Å². The van der Waals surface area contributed by atoms with Crippen LogP contribution in [0, 0.1) is 6.92 Å². The van der Waals surface area contributed by atoms with Crippen molar-refractivity contribution in [2.24, 2.45) is 0 Å². The van der Waals surface area contributed by atoms with Crippen LogP contribution in [-0.2, 0) is 4.74 Å². The highest BCUT2D eigenvalue weighted by molar-refractivity contribution is 5.97. The molecule has 6 nitrogen and oxygen atoms in total. The van der Waals surface area contributed by atoms with Crippen molar-refractivity contribution in [3.8, 4) is 0 Å². The van der Waals surface area contributed by atoms with E-state index in [1.54, 1.807) is 4.52 Å². The fourth-order valence-electron chi connectivity index (χ4n) is 1.73. The number of nitrogens with zero attached hydrogens (tertiary/aromatic N) is 3. The van der Waals surface area contributed by atoms with Crippen LogP contribution >= 0.6 is 0 Å². The van der Waals surface area contributed by atoms with E-state index in [1.807, 2.05) is 6.92 Å². The number of hydrogen-bond acceptors (Lipinski definition) is 4. The fourth-order valence-corrected chi connectivity index (χ4v) is 1.73. The van der Waals surface area contributed by atoms with Crippen LogP contribution in [0.2, 0.25) is 0 Å². The van der Waals surface area contributed by atoms with Crippen LogP contribution in [0.5, 0.6) is 0 Å². The van der Waals surface area contributed by atoms with Crippen LogP contribution in [-0.4, -0.2) is 32.4 Å². The highest BCUT2D eigenvalue weighted by atomic mass is 16.5. The molecule has 0 aliphatic carbocycles. The molecule has 0 unspecified atom stereocenters. The SMILES string of the molecule is CCCCCOC(=O)c1c(C)[nH]n2cnnc12. The van der Waals surface area contributed by atoms with E-state index in [-0.39, 0.29) is 5.97 Å². The fraction of sp³-hybridized carbons (Fsp3) is 0.545. The van der Waals surface area contributed by atoms with E-state index in [0.29, 0.717) is 17.8 Å². The van der Waals surface area contributed by atoms with Gasteiger partial charge in [-0.1, -0.05) is 19.8 Å². The number of ether oxygens (including phenoxy) is 1. The maximum absolute atomic E-state index is 11.9. The van der Waals surface area contributed by atoms with Gasteiger partial charge in [0.15, 0.2) is 5.65 Å². The van der Waals surface area contributed by atoms with Crippen molar-refractivity contribution < 1.29 is 9.53 Å². The molecule has 0 spiro atoms. The van der Waals surface area contributed by atoms with Gasteiger partial charge in [-0.15, -0.1) is 10.2 Å². The maximum Gasteiger partial charge on any atom is 0.343 e. The van der Waals surface area contributed by atoms with E-state index in [0.717, 1.165) is 25.0 Å². The summed E-state index contributed by atoms with van der Waals surface area (Å²) < 4.78 is 6.82. The normalized spacial score (nSPS) is 10.9. The van der Waals surface area contributed by atoms with Gasteiger partial charge in [-0.3, -0.25) is 5.10 Å². The minimum atomic E-state index is -0.335. The summed E-state index contributed by atoms with van der Waals surface area (Å²) in [7, 11) is 0. The third-order valence-electron chi connectivity index (χ3n) is 2.62. The molecule has 0 atom stereocenters. The van der Waals surface area contributed by atoms with E-state index in [9.17, 15) is 4.79 Å². The van der Waals surface area contributed by atoms with Crippen molar-refractivity contribution in [2.75, 3.05) is 6.61 Å². The zero-order valence-corrected chi connectivity index (χ0v) is 10.1. The Morgan fingerprint density at radius 2 is 2.35 bits per heavy atom. The number of carbonyl (C=O) groups is 1. The van der Waals surface area contributed by atoms with E-state index in [1.165, 1.54) is 6.33 Å². The Balaban J connectivity index is 2.07. The Morgan fingerprint density at radius 3 is 3.12 bits per heavy atom. The van der Waals surface area contributed by atoms with E-state index < -0.39 is 0 Å². The van der Waals surface area contributed by atoms with E-state index >= 15 is 0 Å². The predicted octanol–water partition coefficient (Wildman–Crippen LogP) is 1.71. The Morgan fingerprint density at radius 1 is 1.53 bits per heavy atom. The van der Waals surface area contributed by atoms with Crippen LogP contribution in [0.3, 0.4) is 0 Å². The van der Waals surface area contributed by atoms with Crippen LogP contribution in [0.1, 0.15) is 42.2 Å². The molecule has 2 rings (SSSR count). The van der Waals surface area contributed by atoms with Crippen molar-refractivity contribution in [1.29, 1.82) is 0 Å². The lowest BCUT2D eigenvalue weighted by Gasteiger charge is -2.02. The van der Waals surface area contributed by atoms with Gasteiger partial charge >= 0.3 is 5.97 Å². The van der Waals surface area contributed by atoms with Gasteiger partial charge in [0, 0.05) is 5.69 Å². The lowest BCUT2D eigenvalue weighted by molar-refractivity contribution is 0.0499. The van der Waals surface area contributed by atoms with Gasteiger partial charge in [-0.25, -0.2) is 9.31 Å². The number of hydrogen-bond donors (Lipinski definition) is 1. The molecule has 1 N–H and O–H groups in total. The summed E-state index contributed by atoms with van der Waals surface area (Å²) in [5.74, 6) is -0.335. The smallest absolute Gasteiger partial charge is 0.343 e.